The lowest BCUT2D eigenvalue weighted by Crippen LogP contribution is -2.30. The molecule has 1 aliphatic heterocycles. The monoisotopic (exact) mass is 428 g/mol. The van der Waals surface area contributed by atoms with E-state index in [-0.39, 0.29) is 24.4 Å². The minimum Gasteiger partial charge on any atom is -0.495 e. The van der Waals surface area contributed by atoms with E-state index in [0.29, 0.717) is 13.1 Å². The number of aliphatic hydroxyl groups is 1. The Hall–Kier alpha value is 0.150. The van der Waals surface area contributed by atoms with Crippen LogP contribution in [0.4, 0.5) is 0 Å². The minimum absolute atomic E-state index is 0. The van der Waals surface area contributed by atoms with Crippen LogP contribution in [-0.2, 0) is 6.54 Å². The Labute approximate surface area is 142 Å². The number of rotatable bonds is 5. The van der Waals surface area contributed by atoms with Crippen molar-refractivity contribution in [2.45, 2.75) is 12.6 Å². The van der Waals surface area contributed by atoms with Crippen LogP contribution in [0.1, 0.15) is 5.56 Å². The van der Waals surface area contributed by atoms with Crippen molar-refractivity contribution in [2.24, 2.45) is 5.92 Å². The van der Waals surface area contributed by atoms with Crippen molar-refractivity contribution in [1.29, 1.82) is 0 Å². The van der Waals surface area contributed by atoms with Crippen LogP contribution in [0.2, 0.25) is 0 Å². The van der Waals surface area contributed by atoms with E-state index in [1.54, 1.807) is 7.11 Å². The first kappa shape index (κ1) is 18.2. The summed E-state index contributed by atoms with van der Waals surface area (Å²) in [5.41, 5.74) is 1.09. The normalized spacial score (nSPS) is 21.6. The molecule has 1 aliphatic rings. The Balaban J connectivity index is 0.00000200. The zero-order valence-electron chi connectivity index (χ0n) is 11.2. The predicted octanol–water partition coefficient (Wildman–Crippen LogP) is 2.31. The number of aliphatic hydroxyl groups excluding tert-OH is 1. The molecule has 114 valence electrons. The van der Waals surface area contributed by atoms with Gasteiger partial charge in [0.2, 0.25) is 0 Å². The highest BCUT2D eigenvalue weighted by Crippen LogP contribution is 2.32. The largest absolute Gasteiger partial charge is 0.495 e. The third-order valence-corrected chi connectivity index (χ3v) is 4.36. The fraction of sp³-hybridized carbons (Fsp3) is 0.538. The predicted molar refractivity (Wildman–Crippen MR) is 89.7 cm³/mol. The van der Waals surface area contributed by atoms with Gasteiger partial charge in [-0.15, -0.1) is 12.4 Å². The Kier molecular flexibility index (Phi) is 7.79. The van der Waals surface area contributed by atoms with Crippen molar-refractivity contribution in [3.63, 3.8) is 0 Å². The number of β-amino-alcohol motifs (C(OH)–C–C–N with tert-alkyl or cyclic N) is 1. The maximum absolute atomic E-state index is 9.73. The Bertz CT molecular complexity index is 449. The molecule has 0 aromatic heterocycles. The first-order valence-corrected chi connectivity index (χ1v) is 7.82. The number of hydrogen-bond donors (Lipinski definition) is 3. The summed E-state index contributed by atoms with van der Waals surface area (Å²) < 4.78 is 7.35. The van der Waals surface area contributed by atoms with Crippen LogP contribution in [0.15, 0.2) is 21.1 Å². The molecule has 0 saturated carbocycles. The van der Waals surface area contributed by atoms with Crippen LogP contribution in [0.3, 0.4) is 0 Å². The number of halogens is 3. The van der Waals surface area contributed by atoms with E-state index in [9.17, 15) is 5.11 Å². The molecular formula is C13H19Br2ClN2O2. The number of ether oxygens (including phenoxy) is 1. The van der Waals surface area contributed by atoms with Crippen molar-refractivity contribution in [3.05, 3.63) is 26.6 Å². The lowest BCUT2D eigenvalue weighted by molar-refractivity contribution is 0.146. The average Bonchev–Trinajstić information content (AvgIpc) is 2.75. The van der Waals surface area contributed by atoms with E-state index in [1.165, 1.54) is 0 Å². The molecule has 2 atom stereocenters. The first-order valence-electron chi connectivity index (χ1n) is 6.23. The van der Waals surface area contributed by atoms with Gasteiger partial charge >= 0.3 is 0 Å². The molecule has 0 aliphatic carbocycles. The summed E-state index contributed by atoms with van der Waals surface area (Å²) in [5, 5.41) is 16.3. The van der Waals surface area contributed by atoms with Crippen molar-refractivity contribution in [3.8, 4) is 5.75 Å². The van der Waals surface area contributed by atoms with Crippen LogP contribution >= 0.6 is 44.3 Å². The van der Waals surface area contributed by atoms with E-state index >= 15 is 0 Å². The molecule has 3 N–H and O–H groups in total. The third kappa shape index (κ3) is 4.58. The fourth-order valence-corrected chi connectivity index (χ4v) is 3.77. The van der Waals surface area contributed by atoms with Gasteiger partial charge in [0.1, 0.15) is 5.75 Å². The Morgan fingerprint density at radius 3 is 2.75 bits per heavy atom. The molecule has 1 heterocycles. The fourth-order valence-electron chi connectivity index (χ4n) is 2.29. The maximum Gasteiger partial charge on any atom is 0.137 e. The quantitative estimate of drug-likeness (QED) is 0.671. The second kappa shape index (κ2) is 8.56. The number of methoxy groups -OCH3 is 1. The number of nitrogens with one attached hydrogen (secondary N) is 2. The molecule has 0 spiro atoms. The van der Waals surface area contributed by atoms with E-state index < -0.39 is 0 Å². The molecule has 1 aromatic carbocycles. The van der Waals surface area contributed by atoms with Crippen molar-refractivity contribution in [1.82, 2.24) is 10.6 Å². The number of benzene rings is 1. The summed E-state index contributed by atoms with van der Waals surface area (Å²) in [6.07, 6.45) is -0.247. The highest BCUT2D eigenvalue weighted by Gasteiger charge is 2.24. The molecular weight excluding hydrogens is 411 g/mol. The van der Waals surface area contributed by atoms with Gasteiger partial charge in [0, 0.05) is 42.1 Å². The van der Waals surface area contributed by atoms with E-state index in [1.807, 2.05) is 12.1 Å². The van der Waals surface area contributed by atoms with Gasteiger partial charge in [0.05, 0.1) is 17.7 Å². The molecule has 0 radical (unpaired) electrons. The van der Waals surface area contributed by atoms with Gasteiger partial charge in [-0.05, 0) is 28.1 Å². The van der Waals surface area contributed by atoms with Crippen LogP contribution in [-0.4, -0.2) is 38.0 Å². The van der Waals surface area contributed by atoms with Crippen LogP contribution in [0.25, 0.3) is 0 Å². The standard InChI is InChI=1S/C13H18Br2N2O2.ClH/c1-19-13-8(2-10(14)3-11(13)15)4-16-5-9-6-17-7-12(9)18;/h2-3,9,12,16-18H,4-7H2,1H3;1H. The molecule has 4 nitrogen and oxygen atoms in total. The minimum atomic E-state index is -0.247. The van der Waals surface area contributed by atoms with E-state index in [2.05, 4.69) is 42.5 Å². The highest BCUT2D eigenvalue weighted by molar-refractivity contribution is 9.11. The molecule has 2 rings (SSSR count). The van der Waals surface area contributed by atoms with Gasteiger partial charge in [-0.2, -0.15) is 0 Å². The number of hydrogen-bond acceptors (Lipinski definition) is 4. The van der Waals surface area contributed by atoms with Gasteiger partial charge in [0.15, 0.2) is 0 Å². The lowest BCUT2D eigenvalue weighted by Gasteiger charge is -2.16. The van der Waals surface area contributed by atoms with Crippen molar-refractivity contribution >= 4 is 44.3 Å². The van der Waals surface area contributed by atoms with Crippen molar-refractivity contribution < 1.29 is 9.84 Å². The van der Waals surface area contributed by atoms with Crippen LogP contribution in [0.5, 0.6) is 5.75 Å². The third-order valence-electron chi connectivity index (χ3n) is 3.32. The Morgan fingerprint density at radius 2 is 2.15 bits per heavy atom. The summed E-state index contributed by atoms with van der Waals surface area (Å²) in [4.78, 5) is 0. The van der Waals surface area contributed by atoms with Gasteiger partial charge in [-0.25, -0.2) is 0 Å². The molecule has 0 amide bonds. The zero-order chi connectivity index (χ0) is 13.8. The van der Waals surface area contributed by atoms with Crippen LogP contribution < -0.4 is 15.4 Å². The molecule has 20 heavy (non-hydrogen) atoms. The van der Waals surface area contributed by atoms with Crippen LogP contribution in [0, 0.1) is 5.92 Å². The van der Waals surface area contributed by atoms with E-state index in [4.69, 9.17) is 4.74 Å². The molecule has 7 heteroatoms. The first-order chi connectivity index (χ1) is 9.11. The molecule has 1 aromatic rings. The smallest absolute Gasteiger partial charge is 0.137 e. The molecule has 1 saturated heterocycles. The maximum atomic E-state index is 9.73. The van der Waals surface area contributed by atoms with E-state index in [0.717, 1.165) is 33.3 Å². The molecule has 2 unspecified atom stereocenters. The van der Waals surface area contributed by atoms with Gasteiger partial charge in [-0.3, -0.25) is 0 Å². The van der Waals surface area contributed by atoms with Gasteiger partial charge in [0.25, 0.3) is 0 Å². The highest BCUT2D eigenvalue weighted by atomic mass is 79.9. The summed E-state index contributed by atoms with van der Waals surface area (Å²) >= 11 is 6.97. The SMILES string of the molecule is COc1c(Br)cc(Br)cc1CNCC1CNCC1O.Cl. The zero-order valence-corrected chi connectivity index (χ0v) is 15.1. The Morgan fingerprint density at radius 1 is 1.40 bits per heavy atom. The molecule has 1 fully saturated rings. The van der Waals surface area contributed by atoms with Gasteiger partial charge < -0.3 is 20.5 Å². The second-order valence-corrected chi connectivity index (χ2v) is 6.47. The summed E-state index contributed by atoms with van der Waals surface area (Å²) in [6.45, 7) is 3.07. The average molecular weight is 431 g/mol. The topological polar surface area (TPSA) is 53.5 Å². The van der Waals surface area contributed by atoms with Crippen molar-refractivity contribution in [2.75, 3.05) is 26.7 Å². The summed E-state index contributed by atoms with van der Waals surface area (Å²) in [5.74, 6) is 1.13. The second-order valence-electron chi connectivity index (χ2n) is 4.70. The van der Waals surface area contributed by atoms with Gasteiger partial charge in [-0.1, -0.05) is 15.9 Å². The molecule has 0 bridgehead atoms. The summed E-state index contributed by atoms with van der Waals surface area (Å²) in [7, 11) is 1.67. The summed E-state index contributed by atoms with van der Waals surface area (Å²) in [6, 6.07) is 4.01. The lowest BCUT2D eigenvalue weighted by atomic mass is 10.1.